The molecule has 0 aromatic carbocycles. The van der Waals surface area contributed by atoms with Gasteiger partial charge in [0.05, 0.1) is 12.5 Å². The van der Waals surface area contributed by atoms with Crippen molar-refractivity contribution in [2.24, 2.45) is 11.5 Å². The monoisotopic (exact) mass is 525 g/mol. The van der Waals surface area contributed by atoms with Crippen molar-refractivity contribution in [3.05, 3.63) is 0 Å². The lowest BCUT2D eigenvalue weighted by atomic mass is 10.1. The smallest absolute Gasteiger partial charge is 0.326 e. The fourth-order valence-electron chi connectivity index (χ4n) is 2.63. The molecule has 0 fully saturated rings. The molecule has 190 valence electrons. The molecule has 0 heterocycles. The topological polar surface area (TPSA) is 194 Å². The molecule has 4 amide bonds. The summed E-state index contributed by atoms with van der Waals surface area (Å²) in [5, 5.41) is 17.0. The number of primary amides is 1. The van der Waals surface area contributed by atoms with Gasteiger partial charge in [0.25, 0.3) is 0 Å². The first kappa shape index (κ1) is 31.4. The maximum atomic E-state index is 12.9. The molecule has 4 atom stereocenters. The number of rotatable bonds is 18. The second-order valence-electron chi connectivity index (χ2n) is 7.14. The maximum Gasteiger partial charge on any atom is 0.326 e. The average molecular weight is 526 g/mol. The van der Waals surface area contributed by atoms with Crippen LogP contribution in [0.4, 0.5) is 0 Å². The van der Waals surface area contributed by atoms with Crippen molar-refractivity contribution in [1.29, 1.82) is 0 Å². The number of hydrogen-bond acceptors (Lipinski definition) is 9. The molecule has 0 aliphatic carbocycles. The summed E-state index contributed by atoms with van der Waals surface area (Å²) < 4.78 is 0. The Morgan fingerprint density at radius 3 is 1.45 bits per heavy atom. The molecule has 0 rings (SSSR count). The number of hydrogen-bond donors (Lipinski definition) is 6. The molecule has 0 saturated heterocycles. The number of nitrogens with two attached hydrogens (primary N) is 2. The van der Waals surface area contributed by atoms with Crippen molar-refractivity contribution in [2.75, 3.05) is 36.0 Å². The molecule has 0 radical (unpaired) electrons. The summed E-state index contributed by atoms with van der Waals surface area (Å²) in [6, 6.07) is -4.23. The molecule has 0 aromatic rings. The largest absolute Gasteiger partial charge is 0.480 e. The minimum absolute atomic E-state index is 0.246. The summed E-state index contributed by atoms with van der Waals surface area (Å²) in [7, 11) is 0. The van der Waals surface area contributed by atoms with E-state index in [-0.39, 0.29) is 25.7 Å². The van der Waals surface area contributed by atoms with Crippen LogP contribution >= 0.6 is 35.3 Å². The van der Waals surface area contributed by atoms with Gasteiger partial charge >= 0.3 is 5.97 Å². The summed E-state index contributed by atoms with van der Waals surface area (Å²) in [5.41, 5.74) is 10.7. The van der Waals surface area contributed by atoms with Crippen molar-refractivity contribution in [3.8, 4) is 0 Å². The number of amides is 4. The molecule has 0 aliphatic heterocycles. The Kier molecular flexibility index (Phi) is 16.9. The first-order valence-electron chi connectivity index (χ1n) is 10.2. The molecular formula is C19H35N5O6S3. The van der Waals surface area contributed by atoms with Crippen LogP contribution < -0.4 is 27.4 Å². The quantitative estimate of drug-likeness (QED) is 0.129. The minimum atomic E-state index is -1.20. The van der Waals surface area contributed by atoms with Crippen LogP contribution in [0.1, 0.15) is 25.7 Å². The van der Waals surface area contributed by atoms with Gasteiger partial charge in [-0.05, 0) is 55.3 Å². The van der Waals surface area contributed by atoms with Gasteiger partial charge in [0, 0.05) is 0 Å². The van der Waals surface area contributed by atoms with E-state index >= 15 is 0 Å². The zero-order chi connectivity index (χ0) is 25.4. The first-order chi connectivity index (χ1) is 15.6. The van der Waals surface area contributed by atoms with Crippen molar-refractivity contribution in [1.82, 2.24) is 16.0 Å². The third-order valence-electron chi connectivity index (χ3n) is 4.47. The molecule has 0 aliphatic rings. The lowest BCUT2D eigenvalue weighted by Gasteiger charge is -2.25. The van der Waals surface area contributed by atoms with E-state index in [4.69, 9.17) is 11.5 Å². The van der Waals surface area contributed by atoms with Crippen molar-refractivity contribution in [2.45, 2.75) is 49.9 Å². The second-order valence-corrected chi connectivity index (χ2v) is 10.1. The van der Waals surface area contributed by atoms with E-state index in [0.29, 0.717) is 17.3 Å². The van der Waals surface area contributed by atoms with E-state index in [9.17, 15) is 29.1 Å². The lowest BCUT2D eigenvalue weighted by molar-refractivity contribution is -0.142. The molecule has 0 aromatic heterocycles. The van der Waals surface area contributed by atoms with Crippen molar-refractivity contribution in [3.63, 3.8) is 0 Å². The van der Waals surface area contributed by atoms with Crippen LogP contribution in [0.25, 0.3) is 0 Å². The highest BCUT2D eigenvalue weighted by molar-refractivity contribution is 7.98. The Labute approximate surface area is 207 Å². The summed E-state index contributed by atoms with van der Waals surface area (Å²) in [5.74, 6) is -2.16. The molecule has 0 spiro atoms. The van der Waals surface area contributed by atoms with E-state index in [1.165, 1.54) is 35.3 Å². The number of nitrogens with one attached hydrogen (secondary N) is 3. The van der Waals surface area contributed by atoms with E-state index in [0.717, 1.165) is 0 Å². The highest BCUT2D eigenvalue weighted by Gasteiger charge is 2.30. The number of aliphatic carboxylic acids is 1. The Morgan fingerprint density at radius 2 is 1.09 bits per heavy atom. The molecule has 0 bridgehead atoms. The van der Waals surface area contributed by atoms with Crippen LogP contribution in [0, 0.1) is 0 Å². The van der Waals surface area contributed by atoms with Crippen LogP contribution in [-0.2, 0) is 24.0 Å². The van der Waals surface area contributed by atoms with E-state index in [1.807, 2.05) is 18.8 Å². The Bertz CT molecular complexity index is 670. The molecule has 8 N–H and O–H groups in total. The van der Waals surface area contributed by atoms with Gasteiger partial charge < -0.3 is 32.5 Å². The normalized spacial score (nSPS) is 14.4. The number of carboxylic acid groups (broad SMARTS) is 1. The number of carboxylic acids is 1. The van der Waals surface area contributed by atoms with Crippen molar-refractivity contribution < 1.29 is 29.1 Å². The third kappa shape index (κ3) is 13.6. The number of thioether (sulfide) groups is 3. The summed E-state index contributed by atoms with van der Waals surface area (Å²) in [6.45, 7) is 0. The van der Waals surface area contributed by atoms with Gasteiger partial charge in [-0.1, -0.05) is 0 Å². The molecule has 33 heavy (non-hydrogen) atoms. The molecular weight excluding hydrogens is 490 g/mol. The SMILES string of the molecule is CSCCC(NC(=O)C(CCSC)NC(=O)C(CCSC)NC(=O)C(N)CC(N)=O)C(=O)O. The lowest BCUT2D eigenvalue weighted by Crippen LogP contribution is -2.57. The number of carbonyl (C=O) groups excluding carboxylic acids is 4. The molecule has 14 heteroatoms. The van der Waals surface area contributed by atoms with Gasteiger partial charge in [0.15, 0.2) is 0 Å². The maximum absolute atomic E-state index is 12.9. The van der Waals surface area contributed by atoms with Gasteiger partial charge in [-0.3, -0.25) is 19.2 Å². The van der Waals surface area contributed by atoms with Crippen LogP contribution in [0.2, 0.25) is 0 Å². The standard InChI is InChI=1S/C19H35N5O6S3/c1-31-7-4-12(22-16(26)11(20)10-15(21)25)17(27)23-13(5-8-32-2)18(28)24-14(19(29)30)6-9-33-3/h11-14H,4-10,20H2,1-3H3,(H2,21,25)(H,22,26)(H,23,27)(H,24,28)(H,29,30). The van der Waals surface area contributed by atoms with E-state index in [2.05, 4.69) is 16.0 Å². The Hall–Kier alpha value is -1.64. The van der Waals surface area contributed by atoms with Crippen molar-refractivity contribution >= 4 is 64.9 Å². The minimum Gasteiger partial charge on any atom is -0.480 e. The van der Waals surface area contributed by atoms with Crippen LogP contribution in [0.3, 0.4) is 0 Å². The van der Waals surface area contributed by atoms with E-state index < -0.39 is 53.8 Å². The zero-order valence-corrected chi connectivity index (χ0v) is 21.6. The fourth-order valence-corrected chi connectivity index (χ4v) is 4.05. The second kappa shape index (κ2) is 17.8. The highest BCUT2D eigenvalue weighted by atomic mass is 32.2. The summed E-state index contributed by atoms with van der Waals surface area (Å²) in [4.78, 5) is 60.5. The van der Waals surface area contributed by atoms with Gasteiger partial charge in [-0.2, -0.15) is 35.3 Å². The van der Waals surface area contributed by atoms with Gasteiger partial charge in [-0.25, -0.2) is 4.79 Å². The average Bonchev–Trinajstić information content (AvgIpc) is 2.75. The van der Waals surface area contributed by atoms with Gasteiger partial charge in [0.1, 0.15) is 18.1 Å². The van der Waals surface area contributed by atoms with Crippen LogP contribution in [0.5, 0.6) is 0 Å². The molecule has 4 unspecified atom stereocenters. The predicted molar refractivity (Wildman–Crippen MR) is 134 cm³/mol. The first-order valence-corrected chi connectivity index (χ1v) is 14.4. The van der Waals surface area contributed by atoms with Gasteiger partial charge in [0.2, 0.25) is 23.6 Å². The Balaban J connectivity index is 5.38. The third-order valence-corrected chi connectivity index (χ3v) is 6.40. The summed E-state index contributed by atoms with van der Waals surface area (Å²) in [6.07, 6.45) is 5.94. The molecule has 0 saturated carbocycles. The zero-order valence-electron chi connectivity index (χ0n) is 19.1. The molecule has 11 nitrogen and oxygen atoms in total. The Morgan fingerprint density at radius 1 is 0.727 bits per heavy atom. The van der Waals surface area contributed by atoms with E-state index in [1.54, 1.807) is 0 Å². The number of carbonyl (C=O) groups is 5. The van der Waals surface area contributed by atoms with Gasteiger partial charge in [-0.15, -0.1) is 0 Å². The van der Waals surface area contributed by atoms with Crippen LogP contribution in [0.15, 0.2) is 0 Å². The fraction of sp³-hybridized carbons (Fsp3) is 0.737. The van der Waals surface area contributed by atoms with Crippen LogP contribution in [-0.4, -0.2) is 94.9 Å². The highest BCUT2D eigenvalue weighted by Crippen LogP contribution is 2.07. The predicted octanol–water partition coefficient (Wildman–Crippen LogP) is -1.01. The summed E-state index contributed by atoms with van der Waals surface area (Å²) >= 11 is 4.40.